The van der Waals surface area contributed by atoms with Crippen molar-refractivity contribution >= 4 is 18.1 Å². The van der Waals surface area contributed by atoms with Gasteiger partial charge in [-0.1, -0.05) is 30.9 Å². The largest absolute Gasteiger partial charge is 0.497 e. The van der Waals surface area contributed by atoms with Crippen molar-refractivity contribution in [3.05, 3.63) is 77.7 Å². The minimum atomic E-state index is -1.31. The number of nitrogens with one attached hydrogen (secondary N) is 1. The molecular formula is C26H30N4O5. The second-order valence-corrected chi connectivity index (χ2v) is 8.23. The first kappa shape index (κ1) is 25.5. The summed E-state index contributed by atoms with van der Waals surface area (Å²) in [6, 6.07) is 6.70. The van der Waals surface area contributed by atoms with Crippen LogP contribution < -0.4 is 14.8 Å². The number of carbonyl (C=O) groups excluding carboxylic acids is 3. The monoisotopic (exact) mass is 478 g/mol. The molecule has 184 valence electrons. The lowest BCUT2D eigenvalue weighted by atomic mass is 9.93. The van der Waals surface area contributed by atoms with Gasteiger partial charge in [0.05, 0.1) is 27.3 Å². The zero-order valence-corrected chi connectivity index (χ0v) is 20.4. The van der Waals surface area contributed by atoms with E-state index in [2.05, 4.69) is 17.0 Å². The van der Waals surface area contributed by atoms with E-state index in [9.17, 15) is 14.4 Å². The van der Waals surface area contributed by atoms with Gasteiger partial charge in [0.15, 0.2) is 6.29 Å². The molecule has 2 aromatic rings. The summed E-state index contributed by atoms with van der Waals surface area (Å²) in [5.74, 6) is 0.365. The van der Waals surface area contributed by atoms with Crippen molar-refractivity contribution in [2.24, 2.45) is 0 Å². The molecule has 1 aromatic carbocycles. The van der Waals surface area contributed by atoms with Crippen LogP contribution in [0.25, 0.3) is 0 Å². The maximum Gasteiger partial charge on any atom is 0.273 e. The Morgan fingerprint density at radius 1 is 1.29 bits per heavy atom. The van der Waals surface area contributed by atoms with Crippen LogP contribution in [0.4, 0.5) is 0 Å². The Morgan fingerprint density at radius 2 is 2.06 bits per heavy atom. The molecule has 1 aromatic heterocycles. The molecule has 0 radical (unpaired) electrons. The molecule has 9 heteroatoms. The second-order valence-electron chi connectivity index (χ2n) is 8.23. The van der Waals surface area contributed by atoms with Crippen molar-refractivity contribution in [3.63, 3.8) is 0 Å². The first-order valence-corrected chi connectivity index (χ1v) is 11.1. The summed E-state index contributed by atoms with van der Waals surface area (Å²) in [6.07, 6.45) is 7.76. The number of aldehydes is 1. The highest BCUT2D eigenvalue weighted by Crippen LogP contribution is 2.33. The number of methoxy groups -OCH3 is 2. The summed E-state index contributed by atoms with van der Waals surface area (Å²) < 4.78 is 12.2. The van der Waals surface area contributed by atoms with Gasteiger partial charge < -0.3 is 19.7 Å². The third-order valence-electron chi connectivity index (χ3n) is 5.91. The average Bonchev–Trinajstić information content (AvgIpc) is 3.28. The van der Waals surface area contributed by atoms with E-state index < -0.39 is 11.4 Å². The predicted octanol–water partition coefficient (Wildman–Crippen LogP) is 2.93. The standard InChI is InChI=1S/C26H30N4O5/c1-6-8-18(9-7-2)14-27-25(33)26(3)17-30-22(13-20(16-31)28-30)24(32)29(26)15-19-12-21(34-4)10-11-23(19)35-5/h6-13,16H,1,14-15,17H2,2-5H3,(H,27,33)/b9-7-,18-8+. The van der Waals surface area contributed by atoms with Crippen LogP contribution in [0, 0.1) is 0 Å². The first-order valence-electron chi connectivity index (χ1n) is 11.1. The van der Waals surface area contributed by atoms with Crippen LogP contribution in [0.15, 0.2) is 60.7 Å². The zero-order chi connectivity index (χ0) is 25.6. The van der Waals surface area contributed by atoms with Gasteiger partial charge in [-0.2, -0.15) is 5.10 Å². The Labute approximate surface area is 204 Å². The number of allylic oxidation sites excluding steroid dienone is 3. The fourth-order valence-electron chi connectivity index (χ4n) is 4.05. The smallest absolute Gasteiger partial charge is 0.273 e. The number of hydrogen-bond donors (Lipinski definition) is 1. The minimum absolute atomic E-state index is 0.0736. The molecule has 1 atom stereocenters. The molecule has 0 fully saturated rings. The van der Waals surface area contributed by atoms with Gasteiger partial charge in [-0.3, -0.25) is 19.1 Å². The van der Waals surface area contributed by atoms with Gasteiger partial charge in [-0.05, 0) is 43.7 Å². The quantitative estimate of drug-likeness (QED) is 0.416. The highest BCUT2D eigenvalue weighted by molar-refractivity contribution is 6.00. The summed E-state index contributed by atoms with van der Waals surface area (Å²) in [5, 5.41) is 7.13. The third-order valence-corrected chi connectivity index (χ3v) is 5.91. The van der Waals surface area contributed by atoms with Gasteiger partial charge in [0.25, 0.3) is 5.91 Å². The van der Waals surface area contributed by atoms with E-state index in [0.717, 1.165) is 5.57 Å². The molecular weight excluding hydrogens is 448 g/mol. The number of ether oxygens (including phenoxy) is 2. The minimum Gasteiger partial charge on any atom is -0.497 e. The Hall–Kier alpha value is -4.14. The van der Waals surface area contributed by atoms with Gasteiger partial charge in [-0.15, -0.1) is 0 Å². The van der Waals surface area contributed by atoms with Crippen molar-refractivity contribution in [2.45, 2.75) is 32.5 Å². The number of hydrogen-bond acceptors (Lipinski definition) is 6. The van der Waals surface area contributed by atoms with E-state index in [4.69, 9.17) is 9.47 Å². The Balaban J connectivity index is 2.03. The zero-order valence-electron chi connectivity index (χ0n) is 20.4. The normalized spacial score (nSPS) is 17.8. The molecule has 2 heterocycles. The van der Waals surface area contributed by atoms with Gasteiger partial charge >= 0.3 is 0 Å². The van der Waals surface area contributed by atoms with E-state index in [1.165, 1.54) is 22.8 Å². The van der Waals surface area contributed by atoms with Crippen LogP contribution in [-0.2, 0) is 17.9 Å². The molecule has 9 nitrogen and oxygen atoms in total. The van der Waals surface area contributed by atoms with Crippen LogP contribution >= 0.6 is 0 Å². The van der Waals surface area contributed by atoms with Crippen molar-refractivity contribution in [1.82, 2.24) is 20.0 Å². The van der Waals surface area contributed by atoms with Gasteiger partial charge in [0, 0.05) is 12.1 Å². The van der Waals surface area contributed by atoms with Crippen molar-refractivity contribution in [1.29, 1.82) is 0 Å². The summed E-state index contributed by atoms with van der Waals surface area (Å²) in [7, 11) is 3.09. The third kappa shape index (κ3) is 5.18. The SMILES string of the molecule is C=C/C=C(\C=C/C)CNC(=O)C1(C)Cn2nc(C=O)cc2C(=O)N1Cc1cc(OC)ccc1OC. The fourth-order valence-corrected chi connectivity index (χ4v) is 4.05. The van der Waals surface area contributed by atoms with E-state index in [-0.39, 0.29) is 36.9 Å². The lowest BCUT2D eigenvalue weighted by Crippen LogP contribution is -2.63. The van der Waals surface area contributed by atoms with Crippen LogP contribution in [-0.4, -0.2) is 59.1 Å². The summed E-state index contributed by atoms with van der Waals surface area (Å²) in [5.41, 5.74) is 0.579. The van der Waals surface area contributed by atoms with Gasteiger partial charge in [0.2, 0.25) is 5.91 Å². The van der Waals surface area contributed by atoms with Crippen LogP contribution in [0.5, 0.6) is 11.5 Å². The maximum atomic E-state index is 13.6. The number of carbonyl (C=O) groups is 3. The number of rotatable bonds is 10. The molecule has 35 heavy (non-hydrogen) atoms. The van der Waals surface area contributed by atoms with Gasteiger partial charge in [-0.25, -0.2) is 0 Å². The summed E-state index contributed by atoms with van der Waals surface area (Å²) >= 11 is 0. The predicted molar refractivity (Wildman–Crippen MR) is 132 cm³/mol. The molecule has 3 rings (SSSR count). The molecule has 0 bridgehead atoms. The number of benzene rings is 1. The van der Waals surface area contributed by atoms with E-state index >= 15 is 0 Å². The van der Waals surface area contributed by atoms with E-state index in [0.29, 0.717) is 23.3 Å². The molecule has 0 aliphatic carbocycles. The number of aromatic nitrogens is 2. The van der Waals surface area contributed by atoms with Crippen molar-refractivity contribution in [3.8, 4) is 11.5 Å². The molecule has 1 aliphatic heterocycles. The molecule has 1 N–H and O–H groups in total. The Kier molecular flexibility index (Phi) is 7.91. The lowest BCUT2D eigenvalue weighted by Gasteiger charge is -2.43. The Morgan fingerprint density at radius 3 is 2.69 bits per heavy atom. The molecule has 1 aliphatic rings. The molecule has 0 saturated heterocycles. The number of nitrogens with zero attached hydrogens (tertiary/aromatic N) is 3. The second kappa shape index (κ2) is 10.9. The van der Waals surface area contributed by atoms with E-state index in [1.54, 1.807) is 44.4 Å². The first-order chi connectivity index (χ1) is 16.8. The molecule has 0 spiro atoms. The van der Waals surface area contributed by atoms with Crippen LogP contribution in [0.1, 0.15) is 40.4 Å². The summed E-state index contributed by atoms with van der Waals surface area (Å²) in [6.45, 7) is 7.68. The van der Waals surface area contributed by atoms with E-state index in [1.807, 2.05) is 19.1 Å². The van der Waals surface area contributed by atoms with Crippen LogP contribution in [0.2, 0.25) is 0 Å². The Bertz CT molecular complexity index is 1200. The van der Waals surface area contributed by atoms with Crippen molar-refractivity contribution < 1.29 is 23.9 Å². The number of fused-ring (bicyclic) bond motifs is 1. The lowest BCUT2D eigenvalue weighted by molar-refractivity contribution is -0.133. The number of amides is 2. The fraction of sp³-hybridized carbons (Fsp3) is 0.308. The van der Waals surface area contributed by atoms with Crippen molar-refractivity contribution in [2.75, 3.05) is 20.8 Å². The highest BCUT2D eigenvalue weighted by atomic mass is 16.5. The average molecular weight is 479 g/mol. The molecule has 2 amide bonds. The highest BCUT2D eigenvalue weighted by Gasteiger charge is 2.48. The molecule has 1 unspecified atom stereocenters. The maximum absolute atomic E-state index is 13.6. The van der Waals surface area contributed by atoms with Crippen LogP contribution in [0.3, 0.4) is 0 Å². The summed E-state index contributed by atoms with van der Waals surface area (Å²) in [4.78, 5) is 40.0. The van der Waals surface area contributed by atoms with Gasteiger partial charge in [0.1, 0.15) is 28.4 Å². The molecule has 0 saturated carbocycles. The topological polar surface area (TPSA) is 103 Å².